The van der Waals surface area contributed by atoms with E-state index in [-0.39, 0.29) is 0 Å². The van der Waals surface area contributed by atoms with Gasteiger partial charge in [0.1, 0.15) is 5.75 Å². The maximum absolute atomic E-state index is 5.35. The fourth-order valence-corrected chi connectivity index (χ4v) is 4.53. The van der Waals surface area contributed by atoms with Gasteiger partial charge >= 0.3 is 0 Å². The SMILES string of the molecule is C=C1CC[C@H]2c3ccc4cc(OC)ccc4c3CC[C@]12C. The van der Waals surface area contributed by atoms with E-state index in [0.717, 1.165) is 5.75 Å². The van der Waals surface area contributed by atoms with E-state index in [4.69, 9.17) is 4.74 Å². The van der Waals surface area contributed by atoms with E-state index in [0.29, 0.717) is 11.3 Å². The quantitative estimate of drug-likeness (QED) is 0.649. The molecule has 2 aliphatic carbocycles. The van der Waals surface area contributed by atoms with Crippen molar-refractivity contribution in [2.24, 2.45) is 5.41 Å². The van der Waals surface area contributed by atoms with E-state index >= 15 is 0 Å². The molecule has 2 aromatic rings. The van der Waals surface area contributed by atoms with E-state index in [1.165, 1.54) is 42.0 Å². The number of allylic oxidation sites excluding steroid dienone is 1. The molecule has 1 saturated carbocycles. The van der Waals surface area contributed by atoms with Gasteiger partial charge in [-0.3, -0.25) is 0 Å². The minimum absolute atomic E-state index is 0.327. The summed E-state index contributed by atoms with van der Waals surface area (Å²) in [6, 6.07) is 11.1. The van der Waals surface area contributed by atoms with Crippen LogP contribution in [0.3, 0.4) is 0 Å². The number of hydrogen-bond acceptors (Lipinski definition) is 1. The number of methoxy groups -OCH3 is 1. The Kier molecular flexibility index (Phi) is 2.69. The van der Waals surface area contributed by atoms with E-state index in [9.17, 15) is 0 Å². The zero-order valence-corrected chi connectivity index (χ0v) is 12.9. The molecule has 0 bridgehead atoms. The second-order valence-electron chi connectivity index (χ2n) is 6.83. The van der Waals surface area contributed by atoms with Gasteiger partial charge < -0.3 is 4.74 Å². The first kappa shape index (κ1) is 12.9. The zero-order valence-electron chi connectivity index (χ0n) is 12.9. The molecule has 2 atom stereocenters. The molecule has 1 nitrogen and oxygen atoms in total. The maximum atomic E-state index is 5.35. The van der Waals surface area contributed by atoms with Gasteiger partial charge in [-0.15, -0.1) is 0 Å². The molecule has 1 fully saturated rings. The van der Waals surface area contributed by atoms with Crippen molar-refractivity contribution < 1.29 is 4.74 Å². The number of fused-ring (bicyclic) bond motifs is 5. The molecule has 0 aliphatic heterocycles. The fourth-order valence-electron chi connectivity index (χ4n) is 4.53. The van der Waals surface area contributed by atoms with Crippen LogP contribution in [0, 0.1) is 5.41 Å². The van der Waals surface area contributed by atoms with Crippen molar-refractivity contribution in [1.29, 1.82) is 0 Å². The highest BCUT2D eigenvalue weighted by molar-refractivity contribution is 5.88. The van der Waals surface area contributed by atoms with Crippen LogP contribution in [0.1, 0.15) is 43.2 Å². The molecule has 0 N–H and O–H groups in total. The Morgan fingerprint density at radius 1 is 1.19 bits per heavy atom. The first-order chi connectivity index (χ1) is 10.1. The van der Waals surface area contributed by atoms with Crippen LogP contribution in [0.5, 0.6) is 5.75 Å². The molecule has 4 rings (SSSR count). The predicted octanol–water partition coefficient (Wildman–Crippen LogP) is 5.23. The van der Waals surface area contributed by atoms with Gasteiger partial charge in [0.15, 0.2) is 0 Å². The van der Waals surface area contributed by atoms with Gasteiger partial charge in [-0.25, -0.2) is 0 Å². The third-order valence-electron chi connectivity index (χ3n) is 5.96. The molecule has 0 radical (unpaired) electrons. The Bertz CT molecular complexity index is 743. The van der Waals surface area contributed by atoms with Crippen LogP contribution in [0.2, 0.25) is 0 Å². The zero-order chi connectivity index (χ0) is 14.6. The summed E-state index contributed by atoms with van der Waals surface area (Å²) in [6.45, 7) is 6.78. The third kappa shape index (κ3) is 1.70. The highest BCUT2D eigenvalue weighted by Crippen LogP contribution is 2.58. The van der Waals surface area contributed by atoms with Gasteiger partial charge in [0, 0.05) is 0 Å². The van der Waals surface area contributed by atoms with E-state index in [1.54, 1.807) is 18.2 Å². The Labute approximate surface area is 126 Å². The van der Waals surface area contributed by atoms with E-state index in [2.05, 4.69) is 43.8 Å². The molecule has 0 spiro atoms. The summed E-state index contributed by atoms with van der Waals surface area (Å²) in [5, 5.41) is 2.71. The average Bonchev–Trinajstić information content (AvgIpc) is 2.82. The number of ether oxygens (including phenoxy) is 1. The summed E-state index contributed by atoms with van der Waals surface area (Å²) in [5.74, 6) is 1.61. The molecule has 108 valence electrons. The van der Waals surface area contributed by atoms with Crippen LogP contribution in [0.25, 0.3) is 10.8 Å². The van der Waals surface area contributed by atoms with Crippen molar-refractivity contribution >= 4 is 10.8 Å². The fraction of sp³-hybridized carbons (Fsp3) is 0.400. The van der Waals surface area contributed by atoms with Crippen LogP contribution >= 0.6 is 0 Å². The normalized spacial score (nSPS) is 27.5. The lowest BCUT2D eigenvalue weighted by molar-refractivity contribution is 0.308. The monoisotopic (exact) mass is 278 g/mol. The Hall–Kier alpha value is -1.76. The van der Waals surface area contributed by atoms with Crippen molar-refractivity contribution in [1.82, 2.24) is 0 Å². The minimum atomic E-state index is 0.327. The lowest BCUT2D eigenvalue weighted by Gasteiger charge is -2.39. The van der Waals surface area contributed by atoms with Gasteiger partial charge in [0.05, 0.1) is 7.11 Å². The molecule has 0 unspecified atom stereocenters. The first-order valence-corrected chi connectivity index (χ1v) is 7.91. The molecular formula is C20H22O. The summed E-state index contributed by atoms with van der Waals surface area (Å²) < 4.78 is 5.35. The van der Waals surface area contributed by atoms with Crippen molar-refractivity contribution in [3.05, 3.63) is 53.6 Å². The summed E-state index contributed by atoms with van der Waals surface area (Å²) in [4.78, 5) is 0. The first-order valence-electron chi connectivity index (χ1n) is 7.91. The molecule has 1 heteroatoms. The highest BCUT2D eigenvalue weighted by Gasteiger charge is 2.45. The van der Waals surface area contributed by atoms with Crippen LogP contribution in [-0.4, -0.2) is 7.11 Å². The summed E-state index contributed by atoms with van der Waals surface area (Å²) in [6.07, 6.45) is 4.88. The maximum Gasteiger partial charge on any atom is 0.119 e. The van der Waals surface area contributed by atoms with Crippen LogP contribution in [-0.2, 0) is 6.42 Å². The van der Waals surface area contributed by atoms with Crippen molar-refractivity contribution in [3.63, 3.8) is 0 Å². The smallest absolute Gasteiger partial charge is 0.119 e. The topological polar surface area (TPSA) is 9.23 Å². The Balaban J connectivity index is 1.91. The van der Waals surface area contributed by atoms with Crippen molar-refractivity contribution in [2.75, 3.05) is 7.11 Å². The molecule has 2 aliphatic rings. The summed E-state index contributed by atoms with van der Waals surface area (Å²) in [7, 11) is 1.73. The van der Waals surface area contributed by atoms with Gasteiger partial charge in [-0.1, -0.05) is 37.3 Å². The van der Waals surface area contributed by atoms with Crippen LogP contribution < -0.4 is 4.74 Å². The third-order valence-corrected chi connectivity index (χ3v) is 5.96. The molecule has 2 aromatic carbocycles. The van der Waals surface area contributed by atoms with Crippen LogP contribution in [0.15, 0.2) is 42.5 Å². The Morgan fingerprint density at radius 2 is 2.05 bits per heavy atom. The lowest BCUT2D eigenvalue weighted by Crippen LogP contribution is -2.27. The largest absolute Gasteiger partial charge is 0.497 e. The average molecular weight is 278 g/mol. The van der Waals surface area contributed by atoms with Gasteiger partial charge in [-0.05, 0) is 71.0 Å². The van der Waals surface area contributed by atoms with Crippen LogP contribution in [0.4, 0.5) is 0 Å². The lowest BCUT2D eigenvalue weighted by atomic mass is 9.65. The van der Waals surface area contributed by atoms with Gasteiger partial charge in [0.25, 0.3) is 0 Å². The standard InChI is InChI=1S/C20H22O/c1-13-4-9-19-18-7-5-14-12-15(21-3)6-8-16(14)17(18)10-11-20(13,19)2/h5-8,12,19H,1,4,9-11H2,2-3H3/t19-,20+/m0/s1. The van der Waals surface area contributed by atoms with Gasteiger partial charge in [-0.2, -0.15) is 0 Å². The van der Waals surface area contributed by atoms with Gasteiger partial charge in [0.2, 0.25) is 0 Å². The molecule has 21 heavy (non-hydrogen) atoms. The second kappa shape index (κ2) is 4.37. The van der Waals surface area contributed by atoms with E-state index < -0.39 is 0 Å². The predicted molar refractivity (Wildman–Crippen MR) is 88.0 cm³/mol. The molecular weight excluding hydrogens is 256 g/mol. The minimum Gasteiger partial charge on any atom is -0.497 e. The highest BCUT2D eigenvalue weighted by atomic mass is 16.5. The second-order valence-corrected chi connectivity index (χ2v) is 6.83. The van der Waals surface area contributed by atoms with Crippen molar-refractivity contribution in [2.45, 2.75) is 38.5 Å². The summed E-state index contributed by atoms with van der Waals surface area (Å²) >= 11 is 0. The van der Waals surface area contributed by atoms with E-state index in [1.807, 2.05) is 0 Å². The molecule has 0 amide bonds. The number of aryl methyl sites for hydroxylation is 1. The summed E-state index contributed by atoms with van der Waals surface area (Å²) in [5.41, 5.74) is 4.92. The number of rotatable bonds is 1. The molecule has 0 heterocycles. The Morgan fingerprint density at radius 3 is 2.86 bits per heavy atom. The number of benzene rings is 2. The number of hydrogen-bond donors (Lipinski definition) is 0. The van der Waals surface area contributed by atoms with Crippen molar-refractivity contribution in [3.8, 4) is 5.75 Å². The molecule has 0 aromatic heterocycles. The molecule has 0 saturated heterocycles.